The van der Waals surface area contributed by atoms with Crippen molar-refractivity contribution in [3.05, 3.63) is 0 Å². The third kappa shape index (κ3) is 1.92. The summed E-state index contributed by atoms with van der Waals surface area (Å²) in [6, 6.07) is 0. The number of rotatable bonds is 4. The van der Waals surface area contributed by atoms with Gasteiger partial charge in [0, 0.05) is 0 Å². The smallest absolute Gasteiger partial charge is 0.310 e. The molecule has 1 aliphatic carbocycles. The standard InChI is InChI=1S/C9H13NO4/c1-3-14-9(13)7-5(2)6(7)8(12)10-4-11/h4-7H,3H2,1-2H3,(H,10,11,12). The molecule has 3 atom stereocenters. The van der Waals surface area contributed by atoms with Crippen molar-refractivity contribution in [1.82, 2.24) is 5.32 Å². The van der Waals surface area contributed by atoms with Crippen molar-refractivity contribution in [2.24, 2.45) is 17.8 Å². The lowest BCUT2D eigenvalue weighted by atomic mass is 10.3. The van der Waals surface area contributed by atoms with Crippen LogP contribution in [-0.2, 0) is 19.1 Å². The molecule has 0 spiro atoms. The Labute approximate surface area is 81.8 Å². The second-order valence-electron chi connectivity index (χ2n) is 3.29. The van der Waals surface area contributed by atoms with Crippen molar-refractivity contribution >= 4 is 18.3 Å². The summed E-state index contributed by atoms with van der Waals surface area (Å²) in [5.74, 6) is -1.57. The Bertz CT molecular complexity index is 264. The van der Waals surface area contributed by atoms with Gasteiger partial charge in [-0.15, -0.1) is 0 Å². The number of ether oxygens (including phenoxy) is 1. The minimum atomic E-state index is -0.403. The van der Waals surface area contributed by atoms with Gasteiger partial charge in [0.05, 0.1) is 18.4 Å². The number of imide groups is 1. The second kappa shape index (κ2) is 4.21. The molecular weight excluding hydrogens is 186 g/mol. The minimum Gasteiger partial charge on any atom is -0.466 e. The predicted molar refractivity (Wildman–Crippen MR) is 47.0 cm³/mol. The first-order valence-corrected chi connectivity index (χ1v) is 4.54. The highest BCUT2D eigenvalue weighted by atomic mass is 16.5. The highest BCUT2D eigenvalue weighted by Gasteiger charge is 2.56. The molecule has 0 aromatic heterocycles. The van der Waals surface area contributed by atoms with Gasteiger partial charge >= 0.3 is 5.97 Å². The van der Waals surface area contributed by atoms with Crippen LogP contribution in [0.4, 0.5) is 0 Å². The molecule has 14 heavy (non-hydrogen) atoms. The van der Waals surface area contributed by atoms with E-state index in [1.54, 1.807) is 13.8 Å². The summed E-state index contributed by atoms with van der Waals surface area (Å²) < 4.78 is 4.79. The molecule has 1 saturated carbocycles. The van der Waals surface area contributed by atoms with Crippen LogP contribution < -0.4 is 5.32 Å². The number of esters is 1. The normalized spacial score (nSPS) is 29.1. The molecule has 1 rings (SSSR count). The zero-order valence-corrected chi connectivity index (χ0v) is 8.15. The van der Waals surface area contributed by atoms with Gasteiger partial charge in [-0.05, 0) is 12.8 Å². The molecule has 0 saturated heterocycles. The first kappa shape index (κ1) is 10.7. The molecule has 5 heteroatoms. The number of hydrogen-bond donors (Lipinski definition) is 1. The van der Waals surface area contributed by atoms with Crippen LogP contribution in [0, 0.1) is 17.8 Å². The maximum atomic E-state index is 11.2. The molecule has 3 unspecified atom stereocenters. The summed E-state index contributed by atoms with van der Waals surface area (Å²) in [6.45, 7) is 3.81. The SMILES string of the molecule is CCOC(=O)C1C(C)C1C(=O)NC=O. The Hall–Kier alpha value is -1.39. The van der Waals surface area contributed by atoms with Gasteiger partial charge in [0.2, 0.25) is 12.3 Å². The van der Waals surface area contributed by atoms with E-state index in [1.807, 2.05) is 5.32 Å². The van der Waals surface area contributed by atoms with Crippen molar-refractivity contribution in [3.63, 3.8) is 0 Å². The average Bonchev–Trinajstić information content (AvgIpc) is 2.78. The van der Waals surface area contributed by atoms with Crippen LogP contribution in [0.25, 0.3) is 0 Å². The minimum absolute atomic E-state index is 0.0333. The second-order valence-corrected chi connectivity index (χ2v) is 3.29. The summed E-state index contributed by atoms with van der Waals surface area (Å²) in [5.41, 5.74) is 0. The van der Waals surface area contributed by atoms with Crippen LogP contribution in [0.2, 0.25) is 0 Å². The summed E-state index contributed by atoms with van der Waals surface area (Å²) in [4.78, 5) is 32.4. The van der Waals surface area contributed by atoms with Crippen molar-refractivity contribution in [2.45, 2.75) is 13.8 Å². The van der Waals surface area contributed by atoms with E-state index >= 15 is 0 Å². The predicted octanol–water partition coefficient (Wildman–Crippen LogP) is -0.296. The molecule has 2 amide bonds. The molecule has 0 aromatic carbocycles. The van der Waals surface area contributed by atoms with Crippen LogP contribution >= 0.6 is 0 Å². The first-order valence-electron chi connectivity index (χ1n) is 4.54. The zero-order valence-electron chi connectivity index (χ0n) is 8.15. The topological polar surface area (TPSA) is 72.5 Å². The van der Waals surface area contributed by atoms with Gasteiger partial charge in [-0.25, -0.2) is 0 Å². The molecule has 1 fully saturated rings. The van der Waals surface area contributed by atoms with E-state index in [0.29, 0.717) is 13.0 Å². The van der Waals surface area contributed by atoms with Crippen molar-refractivity contribution < 1.29 is 19.1 Å². The highest BCUT2D eigenvalue weighted by molar-refractivity contribution is 5.95. The van der Waals surface area contributed by atoms with Gasteiger partial charge in [-0.1, -0.05) is 6.92 Å². The highest BCUT2D eigenvalue weighted by Crippen LogP contribution is 2.46. The van der Waals surface area contributed by atoms with E-state index in [2.05, 4.69) is 0 Å². The third-order valence-electron chi connectivity index (χ3n) is 2.44. The number of hydrogen-bond acceptors (Lipinski definition) is 4. The maximum Gasteiger partial charge on any atom is 0.310 e. The van der Waals surface area contributed by atoms with Crippen LogP contribution in [0.3, 0.4) is 0 Å². The molecule has 1 aliphatic rings. The number of carbonyl (C=O) groups excluding carboxylic acids is 3. The van der Waals surface area contributed by atoms with Crippen LogP contribution in [-0.4, -0.2) is 24.9 Å². The zero-order chi connectivity index (χ0) is 10.7. The van der Waals surface area contributed by atoms with Gasteiger partial charge in [-0.3, -0.25) is 19.7 Å². The Kier molecular flexibility index (Phi) is 3.22. The maximum absolute atomic E-state index is 11.2. The molecule has 0 heterocycles. The van der Waals surface area contributed by atoms with E-state index in [-0.39, 0.29) is 17.8 Å². The quantitative estimate of drug-likeness (QED) is 0.498. The Balaban J connectivity index is 2.48. The van der Waals surface area contributed by atoms with E-state index in [4.69, 9.17) is 4.74 Å². The summed E-state index contributed by atoms with van der Waals surface area (Å²) in [6.07, 6.45) is 0.329. The van der Waals surface area contributed by atoms with E-state index < -0.39 is 11.8 Å². The van der Waals surface area contributed by atoms with Crippen molar-refractivity contribution in [1.29, 1.82) is 0 Å². The Morgan fingerprint density at radius 1 is 1.43 bits per heavy atom. The Morgan fingerprint density at radius 2 is 2.07 bits per heavy atom. The molecular formula is C9H13NO4. The average molecular weight is 199 g/mol. The molecule has 0 bridgehead atoms. The van der Waals surface area contributed by atoms with Crippen LogP contribution in [0.1, 0.15) is 13.8 Å². The van der Waals surface area contributed by atoms with E-state index in [1.165, 1.54) is 0 Å². The molecule has 0 aromatic rings. The molecule has 1 N–H and O–H groups in total. The number of nitrogens with one attached hydrogen (secondary N) is 1. The van der Waals surface area contributed by atoms with Gasteiger partial charge in [0.1, 0.15) is 0 Å². The van der Waals surface area contributed by atoms with Crippen LogP contribution in [0.5, 0.6) is 0 Å². The van der Waals surface area contributed by atoms with Gasteiger partial charge < -0.3 is 4.74 Å². The first-order chi connectivity index (χ1) is 6.63. The van der Waals surface area contributed by atoms with Crippen molar-refractivity contribution in [2.75, 3.05) is 6.61 Å². The van der Waals surface area contributed by atoms with E-state index in [0.717, 1.165) is 0 Å². The summed E-state index contributed by atoms with van der Waals surface area (Å²) in [5, 5.41) is 2.04. The number of amides is 2. The largest absolute Gasteiger partial charge is 0.466 e. The van der Waals surface area contributed by atoms with E-state index in [9.17, 15) is 14.4 Å². The molecule has 0 aliphatic heterocycles. The van der Waals surface area contributed by atoms with Gasteiger partial charge in [-0.2, -0.15) is 0 Å². The third-order valence-corrected chi connectivity index (χ3v) is 2.44. The van der Waals surface area contributed by atoms with Gasteiger partial charge in [0.25, 0.3) is 0 Å². The van der Waals surface area contributed by atoms with Crippen LogP contribution in [0.15, 0.2) is 0 Å². The molecule has 5 nitrogen and oxygen atoms in total. The fourth-order valence-corrected chi connectivity index (χ4v) is 1.62. The lowest BCUT2D eigenvalue weighted by Gasteiger charge is -1.99. The van der Waals surface area contributed by atoms with Crippen molar-refractivity contribution in [3.8, 4) is 0 Å². The summed E-state index contributed by atoms with van der Waals surface area (Å²) in [7, 11) is 0. The molecule has 0 radical (unpaired) electrons. The monoisotopic (exact) mass is 199 g/mol. The Morgan fingerprint density at radius 3 is 2.57 bits per heavy atom. The summed E-state index contributed by atoms with van der Waals surface area (Å²) >= 11 is 0. The fourth-order valence-electron chi connectivity index (χ4n) is 1.62. The lowest BCUT2D eigenvalue weighted by molar-refractivity contribution is -0.146. The number of carbonyl (C=O) groups is 3. The lowest BCUT2D eigenvalue weighted by Crippen LogP contribution is -2.25. The fraction of sp³-hybridized carbons (Fsp3) is 0.667. The van der Waals surface area contributed by atoms with Gasteiger partial charge in [0.15, 0.2) is 0 Å². The molecule has 78 valence electrons.